The second-order valence-corrected chi connectivity index (χ2v) is 4.42. The van der Waals surface area contributed by atoms with Gasteiger partial charge in [0.15, 0.2) is 0 Å². The lowest BCUT2D eigenvalue weighted by Gasteiger charge is -2.17. The summed E-state index contributed by atoms with van der Waals surface area (Å²) >= 11 is 0. The largest absolute Gasteiger partial charge is 0.353 e. The first-order chi connectivity index (χ1) is 9.26. The SMILES string of the molecule is CCN(CC)CCCNC(=O)/C=C/c1ccccc1. The molecule has 1 N–H and O–H groups in total. The number of benzene rings is 1. The van der Waals surface area contributed by atoms with E-state index in [4.69, 9.17) is 0 Å². The smallest absolute Gasteiger partial charge is 0.243 e. The number of nitrogens with one attached hydrogen (secondary N) is 1. The van der Waals surface area contributed by atoms with Crippen LogP contribution in [0.25, 0.3) is 6.08 Å². The normalized spacial score (nSPS) is 11.1. The molecule has 3 heteroatoms. The number of amides is 1. The van der Waals surface area contributed by atoms with Crippen LogP contribution in [0.5, 0.6) is 0 Å². The summed E-state index contributed by atoms with van der Waals surface area (Å²) in [5.41, 5.74) is 1.04. The van der Waals surface area contributed by atoms with Crippen LogP contribution < -0.4 is 5.32 Å². The second kappa shape index (κ2) is 9.34. The highest BCUT2D eigenvalue weighted by Gasteiger charge is 1.99. The van der Waals surface area contributed by atoms with Crippen LogP contribution in [-0.4, -0.2) is 37.0 Å². The van der Waals surface area contributed by atoms with E-state index < -0.39 is 0 Å². The Balaban J connectivity index is 2.20. The maximum Gasteiger partial charge on any atom is 0.243 e. The van der Waals surface area contributed by atoms with Crippen molar-refractivity contribution in [2.45, 2.75) is 20.3 Å². The third-order valence-corrected chi connectivity index (χ3v) is 3.07. The van der Waals surface area contributed by atoms with Crippen LogP contribution in [0.2, 0.25) is 0 Å². The van der Waals surface area contributed by atoms with E-state index in [1.54, 1.807) is 6.08 Å². The minimum absolute atomic E-state index is 0.0246. The maximum absolute atomic E-state index is 11.6. The van der Waals surface area contributed by atoms with Crippen LogP contribution in [-0.2, 0) is 4.79 Å². The van der Waals surface area contributed by atoms with Crippen molar-refractivity contribution in [2.24, 2.45) is 0 Å². The van der Waals surface area contributed by atoms with Crippen LogP contribution in [0.1, 0.15) is 25.8 Å². The first-order valence-corrected chi connectivity index (χ1v) is 6.99. The fourth-order valence-electron chi connectivity index (χ4n) is 1.85. The van der Waals surface area contributed by atoms with E-state index in [1.807, 2.05) is 36.4 Å². The van der Waals surface area contributed by atoms with Crippen LogP contribution >= 0.6 is 0 Å². The van der Waals surface area contributed by atoms with Gasteiger partial charge in [-0.1, -0.05) is 44.2 Å². The van der Waals surface area contributed by atoms with Gasteiger partial charge in [-0.2, -0.15) is 0 Å². The van der Waals surface area contributed by atoms with E-state index in [0.29, 0.717) is 0 Å². The number of nitrogens with zero attached hydrogens (tertiary/aromatic N) is 1. The Labute approximate surface area is 116 Å². The molecule has 19 heavy (non-hydrogen) atoms. The number of rotatable bonds is 8. The summed E-state index contributed by atoms with van der Waals surface area (Å²) in [5, 5.41) is 2.90. The van der Waals surface area contributed by atoms with E-state index in [9.17, 15) is 4.79 Å². The van der Waals surface area contributed by atoms with Crippen molar-refractivity contribution in [3.63, 3.8) is 0 Å². The Bertz CT molecular complexity index is 383. The molecule has 0 aromatic heterocycles. The molecule has 0 atom stereocenters. The van der Waals surface area contributed by atoms with Gasteiger partial charge in [0.1, 0.15) is 0 Å². The molecule has 0 saturated heterocycles. The Kier molecular flexibility index (Phi) is 7.59. The zero-order valence-corrected chi connectivity index (χ0v) is 11.9. The highest BCUT2D eigenvalue weighted by atomic mass is 16.1. The molecular formula is C16H24N2O. The van der Waals surface area contributed by atoms with Gasteiger partial charge in [0, 0.05) is 12.6 Å². The summed E-state index contributed by atoms with van der Waals surface area (Å²) in [6.45, 7) is 8.22. The summed E-state index contributed by atoms with van der Waals surface area (Å²) in [7, 11) is 0. The molecule has 3 nitrogen and oxygen atoms in total. The molecule has 1 amide bonds. The minimum atomic E-state index is -0.0246. The van der Waals surface area contributed by atoms with Gasteiger partial charge in [-0.15, -0.1) is 0 Å². The molecule has 0 unspecified atom stereocenters. The second-order valence-electron chi connectivity index (χ2n) is 4.42. The summed E-state index contributed by atoms with van der Waals surface area (Å²) < 4.78 is 0. The Morgan fingerprint density at radius 1 is 1.21 bits per heavy atom. The van der Waals surface area contributed by atoms with E-state index in [1.165, 1.54) is 0 Å². The van der Waals surface area contributed by atoms with E-state index >= 15 is 0 Å². The molecule has 0 bridgehead atoms. The molecule has 1 aromatic carbocycles. The Morgan fingerprint density at radius 3 is 2.53 bits per heavy atom. The maximum atomic E-state index is 11.6. The van der Waals surface area contributed by atoms with Crippen molar-refractivity contribution in [3.8, 4) is 0 Å². The Morgan fingerprint density at radius 2 is 1.89 bits per heavy atom. The molecule has 0 saturated carbocycles. The molecular weight excluding hydrogens is 236 g/mol. The Hall–Kier alpha value is -1.61. The van der Waals surface area contributed by atoms with Crippen LogP contribution in [0.3, 0.4) is 0 Å². The summed E-state index contributed by atoms with van der Waals surface area (Å²) in [5.74, 6) is -0.0246. The highest BCUT2D eigenvalue weighted by molar-refractivity contribution is 5.91. The van der Waals surface area contributed by atoms with Crippen molar-refractivity contribution in [3.05, 3.63) is 42.0 Å². The average molecular weight is 260 g/mol. The van der Waals surface area contributed by atoms with Crippen molar-refractivity contribution >= 4 is 12.0 Å². The monoisotopic (exact) mass is 260 g/mol. The van der Waals surface area contributed by atoms with Gasteiger partial charge in [-0.05, 0) is 37.7 Å². The van der Waals surface area contributed by atoms with E-state index in [0.717, 1.165) is 38.2 Å². The van der Waals surface area contributed by atoms with Gasteiger partial charge in [-0.25, -0.2) is 0 Å². The van der Waals surface area contributed by atoms with Crippen LogP contribution in [0.4, 0.5) is 0 Å². The number of carbonyl (C=O) groups is 1. The highest BCUT2D eigenvalue weighted by Crippen LogP contribution is 2.00. The van der Waals surface area contributed by atoms with Gasteiger partial charge in [0.2, 0.25) is 5.91 Å². The predicted molar refractivity (Wildman–Crippen MR) is 80.9 cm³/mol. The topological polar surface area (TPSA) is 32.3 Å². The molecule has 1 aromatic rings. The summed E-state index contributed by atoms with van der Waals surface area (Å²) in [4.78, 5) is 13.9. The van der Waals surface area contributed by atoms with Crippen molar-refractivity contribution in [2.75, 3.05) is 26.2 Å². The fourth-order valence-corrected chi connectivity index (χ4v) is 1.85. The molecule has 104 valence electrons. The molecule has 0 heterocycles. The predicted octanol–water partition coefficient (Wildman–Crippen LogP) is 2.55. The minimum Gasteiger partial charge on any atom is -0.353 e. The molecule has 0 aliphatic heterocycles. The first kappa shape index (κ1) is 15.4. The van der Waals surface area contributed by atoms with Gasteiger partial charge in [0.05, 0.1) is 0 Å². The average Bonchev–Trinajstić information content (AvgIpc) is 2.46. The number of hydrogen-bond acceptors (Lipinski definition) is 2. The number of carbonyl (C=O) groups excluding carboxylic acids is 1. The molecule has 0 spiro atoms. The van der Waals surface area contributed by atoms with Crippen LogP contribution in [0, 0.1) is 0 Å². The lowest BCUT2D eigenvalue weighted by atomic mass is 10.2. The first-order valence-electron chi connectivity index (χ1n) is 6.99. The molecule has 1 rings (SSSR count). The van der Waals surface area contributed by atoms with Gasteiger partial charge >= 0.3 is 0 Å². The van der Waals surface area contributed by atoms with Gasteiger partial charge in [-0.3, -0.25) is 4.79 Å². The van der Waals surface area contributed by atoms with Gasteiger partial charge < -0.3 is 10.2 Å². The molecule has 0 radical (unpaired) electrons. The lowest BCUT2D eigenvalue weighted by Crippen LogP contribution is -2.29. The quantitative estimate of drug-likeness (QED) is 0.575. The van der Waals surface area contributed by atoms with Crippen LogP contribution in [0.15, 0.2) is 36.4 Å². The lowest BCUT2D eigenvalue weighted by molar-refractivity contribution is -0.116. The van der Waals surface area contributed by atoms with E-state index in [2.05, 4.69) is 24.1 Å². The summed E-state index contributed by atoms with van der Waals surface area (Å²) in [6, 6.07) is 9.84. The number of hydrogen-bond donors (Lipinski definition) is 1. The molecule has 0 fully saturated rings. The third-order valence-electron chi connectivity index (χ3n) is 3.07. The molecule has 0 aliphatic carbocycles. The summed E-state index contributed by atoms with van der Waals surface area (Å²) in [6.07, 6.45) is 4.42. The van der Waals surface area contributed by atoms with Gasteiger partial charge in [0.25, 0.3) is 0 Å². The van der Waals surface area contributed by atoms with Crippen molar-refractivity contribution in [1.29, 1.82) is 0 Å². The molecule has 0 aliphatic rings. The standard InChI is InChI=1S/C16H24N2O/c1-3-18(4-2)14-8-13-17-16(19)12-11-15-9-6-5-7-10-15/h5-7,9-12H,3-4,8,13-14H2,1-2H3,(H,17,19)/b12-11+. The third kappa shape index (κ3) is 6.77. The zero-order chi connectivity index (χ0) is 13.9. The van der Waals surface area contributed by atoms with Crippen molar-refractivity contribution < 1.29 is 4.79 Å². The zero-order valence-electron chi connectivity index (χ0n) is 11.9. The van der Waals surface area contributed by atoms with E-state index in [-0.39, 0.29) is 5.91 Å². The fraction of sp³-hybridized carbons (Fsp3) is 0.438. The van der Waals surface area contributed by atoms with Crippen molar-refractivity contribution in [1.82, 2.24) is 10.2 Å².